The van der Waals surface area contributed by atoms with Gasteiger partial charge in [-0.05, 0) is 73.2 Å². The van der Waals surface area contributed by atoms with Crippen molar-refractivity contribution in [3.63, 3.8) is 0 Å². The summed E-state index contributed by atoms with van der Waals surface area (Å²) in [5, 5.41) is 4.42. The van der Waals surface area contributed by atoms with E-state index in [9.17, 15) is 13.2 Å². The first-order valence-corrected chi connectivity index (χ1v) is 13.2. The molecule has 1 aliphatic carbocycles. The highest BCUT2D eigenvalue weighted by Crippen LogP contribution is 2.53. The van der Waals surface area contributed by atoms with Crippen LogP contribution in [0.15, 0.2) is 42.5 Å². The number of halogens is 2. The maximum Gasteiger partial charge on any atom is 0.238 e. The van der Waals surface area contributed by atoms with Gasteiger partial charge >= 0.3 is 0 Å². The van der Waals surface area contributed by atoms with Gasteiger partial charge in [-0.1, -0.05) is 43.1 Å². The van der Waals surface area contributed by atoms with E-state index in [-0.39, 0.29) is 36.2 Å². The van der Waals surface area contributed by atoms with E-state index in [2.05, 4.69) is 17.4 Å². The van der Waals surface area contributed by atoms with Crippen LogP contribution in [-0.4, -0.2) is 33.2 Å². The second kappa shape index (κ2) is 10.2. The van der Waals surface area contributed by atoms with E-state index in [0.29, 0.717) is 17.1 Å². The molecule has 1 aliphatic heterocycles. The van der Waals surface area contributed by atoms with E-state index in [1.165, 1.54) is 15.4 Å². The minimum atomic E-state index is -3.65. The first kappa shape index (κ1) is 25.8. The second-order valence-corrected chi connectivity index (χ2v) is 11.3. The lowest BCUT2D eigenvalue weighted by Gasteiger charge is -2.50. The number of nitrogens with zero attached hydrogens (tertiary/aromatic N) is 1. The summed E-state index contributed by atoms with van der Waals surface area (Å²) >= 11 is 6.14. The highest BCUT2D eigenvalue weighted by Gasteiger charge is 2.47. The number of anilines is 1. The van der Waals surface area contributed by atoms with Gasteiger partial charge < -0.3 is 11.1 Å². The number of hydrogen-bond acceptors (Lipinski definition) is 4. The van der Waals surface area contributed by atoms with E-state index < -0.39 is 15.9 Å². The molecule has 2 aromatic rings. The standard InChI is InChI=1S/C24H30ClN3O3S.ClH/c1-2-14-32(30,31)28(16-22(26)29)20-9-4-17-10-13-27-23(21(17)15-20)24(11-3-12-24)18-5-7-19(25)8-6-18;/h4-9,15,23,27H,2-3,10-14,16H2,1H3,(H2,26,29);1H. The average molecular weight is 513 g/mol. The Morgan fingerprint density at radius 3 is 2.48 bits per heavy atom. The summed E-state index contributed by atoms with van der Waals surface area (Å²) in [4.78, 5) is 11.7. The monoisotopic (exact) mass is 511 g/mol. The summed E-state index contributed by atoms with van der Waals surface area (Å²) in [6, 6.07) is 13.9. The quantitative estimate of drug-likeness (QED) is 0.557. The molecule has 1 fully saturated rings. The lowest BCUT2D eigenvalue weighted by atomic mass is 9.58. The van der Waals surface area contributed by atoms with Crippen molar-refractivity contribution in [1.82, 2.24) is 5.32 Å². The molecule has 33 heavy (non-hydrogen) atoms. The van der Waals surface area contributed by atoms with Gasteiger partial charge in [-0.2, -0.15) is 0 Å². The zero-order chi connectivity index (χ0) is 22.9. The number of nitrogens with one attached hydrogen (secondary N) is 1. The van der Waals surface area contributed by atoms with Gasteiger partial charge in [0.05, 0.1) is 11.4 Å². The Morgan fingerprint density at radius 2 is 1.91 bits per heavy atom. The molecule has 0 saturated heterocycles. The SMILES string of the molecule is CCCS(=O)(=O)N(CC(N)=O)c1ccc2c(c1)C(C1(c3ccc(Cl)cc3)CCC1)NCC2.Cl. The first-order valence-electron chi connectivity index (χ1n) is 11.2. The predicted octanol–water partition coefficient (Wildman–Crippen LogP) is 4.10. The molecular weight excluding hydrogens is 481 g/mol. The van der Waals surface area contributed by atoms with Crippen molar-refractivity contribution in [3.05, 3.63) is 64.2 Å². The molecule has 2 aliphatic rings. The smallest absolute Gasteiger partial charge is 0.238 e. The first-order chi connectivity index (χ1) is 15.3. The van der Waals surface area contributed by atoms with Gasteiger partial charge in [-0.3, -0.25) is 9.10 Å². The lowest BCUT2D eigenvalue weighted by Crippen LogP contribution is -2.49. The number of primary amides is 1. The van der Waals surface area contributed by atoms with Crippen LogP contribution in [0.2, 0.25) is 5.02 Å². The van der Waals surface area contributed by atoms with Gasteiger partial charge in [0.1, 0.15) is 6.54 Å². The summed E-state index contributed by atoms with van der Waals surface area (Å²) in [6.45, 7) is 2.31. The zero-order valence-electron chi connectivity index (χ0n) is 18.7. The second-order valence-electron chi connectivity index (χ2n) is 8.83. The Kier molecular flexibility index (Phi) is 7.99. The van der Waals surface area contributed by atoms with Crippen LogP contribution in [-0.2, 0) is 26.7 Å². The molecule has 0 bridgehead atoms. The van der Waals surface area contributed by atoms with Crippen LogP contribution >= 0.6 is 24.0 Å². The van der Waals surface area contributed by atoms with Gasteiger partial charge in [0.25, 0.3) is 0 Å². The molecule has 9 heteroatoms. The number of hydrogen-bond donors (Lipinski definition) is 2. The molecule has 1 unspecified atom stereocenters. The van der Waals surface area contributed by atoms with Crippen molar-refractivity contribution in [2.75, 3.05) is 23.1 Å². The number of carbonyl (C=O) groups is 1. The van der Waals surface area contributed by atoms with E-state index in [4.69, 9.17) is 17.3 Å². The third kappa shape index (κ3) is 5.02. The Balaban J connectivity index is 0.00000306. The predicted molar refractivity (Wildman–Crippen MR) is 136 cm³/mol. The number of fused-ring (bicyclic) bond motifs is 1. The average Bonchev–Trinajstić information content (AvgIpc) is 2.72. The van der Waals surface area contributed by atoms with Crippen LogP contribution in [0.3, 0.4) is 0 Å². The van der Waals surface area contributed by atoms with Gasteiger partial charge in [-0.25, -0.2) is 8.42 Å². The molecule has 1 atom stereocenters. The van der Waals surface area contributed by atoms with Crippen LogP contribution in [0.25, 0.3) is 0 Å². The minimum absolute atomic E-state index is 0. The number of rotatable bonds is 8. The fourth-order valence-electron chi connectivity index (χ4n) is 5.13. The van der Waals surface area contributed by atoms with Crippen LogP contribution in [0.4, 0.5) is 5.69 Å². The number of benzene rings is 2. The van der Waals surface area contributed by atoms with Gasteiger partial charge in [0.15, 0.2) is 0 Å². The van der Waals surface area contributed by atoms with Crippen molar-refractivity contribution >= 4 is 45.6 Å². The fraction of sp³-hybridized carbons (Fsp3) is 0.458. The number of carbonyl (C=O) groups excluding carboxylic acids is 1. The van der Waals surface area contributed by atoms with E-state index in [0.717, 1.165) is 37.8 Å². The maximum absolute atomic E-state index is 12.9. The maximum atomic E-state index is 12.9. The van der Waals surface area contributed by atoms with Crippen LogP contribution < -0.4 is 15.4 Å². The zero-order valence-corrected chi connectivity index (χ0v) is 21.1. The molecule has 0 spiro atoms. The van der Waals surface area contributed by atoms with Crippen molar-refractivity contribution in [1.29, 1.82) is 0 Å². The molecule has 1 amide bonds. The van der Waals surface area contributed by atoms with Crippen LogP contribution in [0, 0.1) is 0 Å². The Labute approximate surface area is 207 Å². The molecule has 3 N–H and O–H groups in total. The molecule has 0 aromatic heterocycles. The molecule has 4 rings (SSSR count). The Hall–Kier alpha value is -1.80. The van der Waals surface area contributed by atoms with Crippen molar-refractivity contribution in [2.24, 2.45) is 5.73 Å². The van der Waals surface area contributed by atoms with Crippen molar-refractivity contribution < 1.29 is 13.2 Å². The highest BCUT2D eigenvalue weighted by molar-refractivity contribution is 7.92. The van der Waals surface area contributed by atoms with Crippen molar-refractivity contribution in [2.45, 2.75) is 50.5 Å². The number of sulfonamides is 1. The van der Waals surface area contributed by atoms with E-state index in [1.54, 1.807) is 13.0 Å². The molecule has 1 heterocycles. The third-order valence-corrected chi connectivity index (χ3v) is 8.97. The van der Waals surface area contributed by atoms with Gasteiger partial charge in [0.2, 0.25) is 15.9 Å². The molecule has 1 saturated carbocycles. The van der Waals surface area contributed by atoms with Gasteiger partial charge in [0, 0.05) is 16.5 Å². The largest absolute Gasteiger partial charge is 0.368 e. The summed E-state index contributed by atoms with van der Waals surface area (Å²) in [5.41, 5.74) is 9.40. The normalized spacial score (nSPS) is 19.0. The minimum Gasteiger partial charge on any atom is -0.368 e. The number of amides is 1. The van der Waals surface area contributed by atoms with Gasteiger partial charge in [-0.15, -0.1) is 12.4 Å². The summed E-state index contributed by atoms with van der Waals surface area (Å²) in [7, 11) is -3.65. The van der Waals surface area contributed by atoms with E-state index >= 15 is 0 Å². The molecule has 2 aromatic carbocycles. The lowest BCUT2D eigenvalue weighted by molar-refractivity contribution is -0.116. The molecular formula is C24H31Cl2N3O3S. The molecule has 180 valence electrons. The summed E-state index contributed by atoms with van der Waals surface area (Å²) < 4.78 is 27.0. The Bertz CT molecular complexity index is 1100. The fourth-order valence-corrected chi connectivity index (χ4v) is 6.75. The number of nitrogens with two attached hydrogens (primary N) is 1. The van der Waals surface area contributed by atoms with Crippen LogP contribution in [0.1, 0.15) is 55.3 Å². The summed E-state index contributed by atoms with van der Waals surface area (Å²) in [5.74, 6) is -0.706. The highest BCUT2D eigenvalue weighted by atomic mass is 35.5. The Morgan fingerprint density at radius 1 is 1.21 bits per heavy atom. The molecule has 6 nitrogen and oxygen atoms in total. The van der Waals surface area contributed by atoms with Crippen molar-refractivity contribution in [3.8, 4) is 0 Å². The summed E-state index contributed by atoms with van der Waals surface area (Å²) in [6.07, 6.45) is 4.59. The van der Waals surface area contributed by atoms with E-state index in [1.807, 2.05) is 24.3 Å². The third-order valence-electron chi connectivity index (χ3n) is 6.79. The topological polar surface area (TPSA) is 92.5 Å². The van der Waals surface area contributed by atoms with Crippen LogP contribution in [0.5, 0.6) is 0 Å². The molecule has 0 radical (unpaired) electrons.